The highest BCUT2D eigenvalue weighted by molar-refractivity contribution is 9.09. The molecule has 120 valence electrons. The summed E-state index contributed by atoms with van der Waals surface area (Å²) in [5.74, 6) is 0. The van der Waals surface area contributed by atoms with E-state index in [1.807, 2.05) is 0 Å². The minimum Gasteiger partial charge on any atom is -0.313 e. The van der Waals surface area contributed by atoms with E-state index in [1.54, 1.807) is 0 Å². The largest absolute Gasteiger partial charge is 0.313 e. The van der Waals surface area contributed by atoms with Crippen molar-refractivity contribution in [3.63, 3.8) is 0 Å². The Morgan fingerprint density at radius 2 is 1.19 bits per heavy atom. The number of alkyl halides is 1. The number of nitrogens with one attached hydrogen (secondary N) is 1. The zero-order valence-electron chi connectivity index (χ0n) is 13.5. The summed E-state index contributed by atoms with van der Waals surface area (Å²) in [4.78, 5) is 0. The molecule has 1 aromatic carbocycles. The molecule has 1 nitrogen and oxygen atoms in total. The maximum atomic E-state index is 3.53. The molecular formula is C19H32BrN. The van der Waals surface area contributed by atoms with Crippen LogP contribution in [0, 0.1) is 0 Å². The van der Waals surface area contributed by atoms with Crippen LogP contribution in [0.4, 0.5) is 0 Å². The van der Waals surface area contributed by atoms with Crippen LogP contribution in [0.3, 0.4) is 0 Å². The number of hydrogen-bond acceptors (Lipinski definition) is 1. The normalized spacial score (nSPS) is 10.9. The van der Waals surface area contributed by atoms with Crippen molar-refractivity contribution in [1.82, 2.24) is 5.32 Å². The fourth-order valence-corrected chi connectivity index (χ4v) is 2.98. The Hall–Kier alpha value is -0.340. The molecule has 0 fully saturated rings. The summed E-state index contributed by atoms with van der Waals surface area (Å²) in [5, 5.41) is 4.70. The van der Waals surface area contributed by atoms with Gasteiger partial charge in [-0.15, -0.1) is 0 Å². The van der Waals surface area contributed by atoms with E-state index in [0.29, 0.717) is 0 Å². The Labute approximate surface area is 140 Å². The van der Waals surface area contributed by atoms with E-state index < -0.39 is 0 Å². The van der Waals surface area contributed by atoms with E-state index in [1.165, 1.54) is 75.1 Å². The second-order valence-electron chi connectivity index (χ2n) is 5.89. The molecular weight excluding hydrogens is 322 g/mol. The van der Waals surface area contributed by atoms with Crippen molar-refractivity contribution < 1.29 is 0 Å². The van der Waals surface area contributed by atoms with Crippen molar-refractivity contribution in [2.45, 2.75) is 70.8 Å². The predicted octanol–water partition coefficient (Wildman–Crippen LogP) is 6.07. The summed E-state index contributed by atoms with van der Waals surface area (Å²) in [6, 6.07) is 10.7. The SMILES string of the molecule is BrCCCCCCCCCCCCNCc1ccccc1. The van der Waals surface area contributed by atoms with E-state index >= 15 is 0 Å². The van der Waals surface area contributed by atoms with Gasteiger partial charge in [-0.2, -0.15) is 0 Å². The topological polar surface area (TPSA) is 12.0 Å². The van der Waals surface area contributed by atoms with Crippen LogP contribution in [0.2, 0.25) is 0 Å². The number of unbranched alkanes of at least 4 members (excludes halogenated alkanes) is 9. The summed E-state index contributed by atoms with van der Waals surface area (Å²) in [5.41, 5.74) is 1.39. The summed E-state index contributed by atoms with van der Waals surface area (Å²) in [7, 11) is 0. The molecule has 0 aliphatic heterocycles. The molecule has 1 aromatic rings. The van der Waals surface area contributed by atoms with Crippen LogP contribution in [0.25, 0.3) is 0 Å². The van der Waals surface area contributed by atoms with Crippen LogP contribution in [0.15, 0.2) is 30.3 Å². The Morgan fingerprint density at radius 1 is 0.667 bits per heavy atom. The zero-order chi connectivity index (χ0) is 15.0. The third-order valence-electron chi connectivity index (χ3n) is 3.91. The van der Waals surface area contributed by atoms with Crippen molar-refractivity contribution in [1.29, 1.82) is 0 Å². The number of halogens is 1. The predicted molar refractivity (Wildman–Crippen MR) is 98.1 cm³/mol. The first-order valence-corrected chi connectivity index (χ1v) is 9.86. The van der Waals surface area contributed by atoms with Gasteiger partial charge in [0, 0.05) is 11.9 Å². The highest BCUT2D eigenvalue weighted by atomic mass is 79.9. The van der Waals surface area contributed by atoms with Gasteiger partial charge in [-0.3, -0.25) is 0 Å². The third-order valence-corrected chi connectivity index (χ3v) is 4.47. The summed E-state index contributed by atoms with van der Waals surface area (Å²) in [6.07, 6.45) is 14.0. The number of benzene rings is 1. The third kappa shape index (κ3) is 11.9. The number of rotatable bonds is 14. The van der Waals surface area contributed by atoms with E-state index in [9.17, 15) is 0 Å². The molecule has 1 N–H and O–H groups in total. The van der Waals surface area contributed by atoms with Crippen molar-refractivity contribution in [2.75, 3.05) is 11.9 Å². The summed E-state index contributed by atoms with van der Waals surface area (Å²) < 4.78 is 0. The molecule has 0 atom stereocenters. The van der Waals surface area contributed by atoms with Gasteiger partial charge in [0.15, 0.2) is 0 Å². The molecule has 0 aliphatic rings. The summed E-state index contributed by atoms with van der Waals surface area (Å²) >= 11 is 3.49. The van der Waals surface area contributed by atoms with Crippen molar-refractivity contribution in [3.8, 4) is 0 Å². The van der Waals surface area contributed by atoms with Gasteiger partial charge in [0.1, 0.15) is 0 Å². The van der Waals surface area contributed by atoms with Gasteiger partial charge in [-0.05, 0) is 24.9 Å². The molecule has 2 heteroatoms. The highest BCUT2D eigenvalue weighted by Crippen LogP contribution is 2.10. The van der Waals surface area contributed by atoms with Crippen molar-refractivity contribution in [3.05, 3.63) is 35.9 Å². The molecule has 0 heterocycles. The fourth-order valence-electron chi connectivity index (χ4n) is 2.59. The Kier molecular flexibility index (Phi) is 13.0. The minimum atomic E-state index is 1.01. The molecule has 0 aliphatic carbocycles. The lowest BCUT2D eigenvalue weighted by molar-refractivity contribution is 0.544. The molecule has 1 rings (SSSR count). The standard InChI is InChI=1S/C19H32BrN/c20-16-12-7-5-3-1-2-4-6-8-13-17-21-18-19-14-10-9-11-15-19/h9-11,14-15,21H,1-8,12-13,16-18H2. The van der Waals surface area contributed by atoms with Crippen LogP contribution in [0.1, 0.15) is 69.8 Å². The lowest BCUT2D eigenvalue weighted by Gasteiger charge is -2.05. The molecule has 0 bridgehead atoms. The van der Waals surface area contributed by atoms with Gasteiger partial charge in [0.25, 0.3) is 0 Å². The number of hydrogen-bond donors (Lipinski definition) is 1. The average Bonchev–Trinajstić information content (AvgIpc) is 2.53. The molecule has 0 unspecified atom stereocenters. The molecule has 0 saturated carbocycles. The van der Waals surface area contributed by atoms with Crippen LogP contribution in [0.5, 0.6) is 0 Å². The lowest BCUT2D eigenvalue weighted by atomic mass is 10.1. The minimum absolute atomic E-state index is 1.01. The van der Waals surface area contributed by atoms with Crippen molar-refractivity contribution in [2.24, 2.45) is 0 Å². The first-order chi connectivity index (χ1) is 10.4. The summed E-state index contributed by atoms with van der Waals surface area (Å²) in [6.45, 7) is 2.16. The van der Waals surface area contributed by atoms with E-state index in [2.05, 4.69) is 51.6 Å². The first-order valence-electron chi connectivity index (χ1n) is 8.74. The van der Waals surface area contributed by atoms with Crippen LogP contribution in [-0.2, 0) is 6.54 Å². The lowest BCUT2D eigenvalue weighted by Crippen LogP contribution is -2.14. The van der Waals surface area contributed by atoms with Gasteiger partial charge in [-0.25, -0.2) is 0 Å². The van der Waals surface area contributed by atoms with Crippen LogP contribution < -0.4 is 5.32 Å². The van der Waals surface area contributed by atoms with Crippen LogP contribution in [-0.4, -0.2) is 11.9 Å². The molecule has 21 heavy (non-hydrogen) atoms. The van der Waals surface area contributed by atoms with E-state index in [4.69, 9.17) is 0 Å². The maximum absolute atomic E-state index is 3.53. The zero-order valence-corrected chi connectivity index (χ0v) is 15.0. The monoisotopic (exact) mass is 353 g/mol. The van der Waals surface area contributed by atoms with E-state index in [-0.39, 0.29) is 0 Å². The van der Waals surface area contributed by atoms with Crippen LogP contribution >= 0.6 is 15.9 Å². The van der Waals surface area contributed by atoms with Crippen molar-refractivity contribution >= 4 is 15.9 Å². The second-order valence-corrected chi connectivity index (χ2v) is 6.68. The molecule has 0 saturated heterocycles. The van der Waals surface area contributed by atoms with E-state index in [0.717, 1.165) is 13.1 Å². The highest BCUT2D eigenvalue weighted by Gasteiger charge is 1.94. The van der Waals surface area contributed by atoms with Gasteiger partial charge >= 0.3 is 0 Å². The van der Waals surface area contributed by atoms with Gasteiger partial charge in [0.2, 0.25) is 0 Å². The Morgan fingerprint density at radius 3 is 1.76 bits per heavy atom. The smallest absolute Gasteiger partial charge is 0.0205 e. The first kappa shape index (κ1) is 18.7. The second kappa shape index (κ2) is 14.6. The van der Waals surface area contributed by atoms with Gasteiger partial charge in [-0.1, -0.05) is 97.6 Å². The van der Waals surface area contributed by atoms with Gasteiger partial charge < -0.3 is 5.32 Å². The Bertz CT molecular complexity index is 313. The molecule has 0 radical (unpaired) electrons. The quantitative estimate of drug-likeness (QED) is 0.316. The fraction of sp³-hybridized carbons (Fsp3) is 0.684. The average molecular weight is 354 g/mol. The van der Waals surface area contributed by atoms with Gasteiger partial charge in [0.05, 0.1) is 0 Å². The molecule has 0 amide bonds. The molecule has 0 aromatic heterocycles. The Balaban J connectivity index is 1.75. The maximum Gasteiger partial charge on any atom is 0.0205 e. The molecule has 0 spiro atoms.